The SMILES string of the molecule is CCCCCCCCCCCCCC(C=O)CCCCCCCCCCCCC. The van der Waals surface area contributed by atoms with Crippen molar-refractivity contribution in [3.05, 3.63) is 0 Å². The molecule has 0 radical (unpaired) electrons. The van der Waals surface area contributed by atoms with E-state index in [2.05, 4.69) is 13.8 Å². The zero-order valence-corrected chi connectivity index (χ0v) is 20.5. The molecule has 0 amide bonds. The second-order valence-electron chi connectivity index (χ2n) is 9.54. The van der Waals surface area contributed by atoms with Crippen LogP contribution in [0.3, 0.4) is 0 Å². The summed E-state index contributed by atoms with van der Waals surface area (Å²) >= 11 is 0. The number of unbranched alkanes of at least 4 members (excludes halogenated alkanes) is 20. The van der Waals surface area contributed by atoms with Crippen LogP contribution in [-0.2, 0) is 4.79 Å². The van der Waals surface area contributed by atoms with Crippen LogP contribution in [0.2, 0.25) is 0 Å². The monoisotopic (exact) mass is 408 g/mol. The van der Waals surface area contributed by atoms with Crippen LogP contribution in [0.4, 0.5) is 0 Å². The molecule has 0 saturated heterocycles. The predicted octanol–water partition coefficient (Wildman–Crippen LogP) is 10.2. The Hall–Kier alpha value is -0.330. The van der Waals surface area contributed by atoms with Crippen molar-refractivity contribution in [1.82, 2.24) is 0 Å². The van der Waals surface area contributed by atoms with Crippen LogP contribution in [0.15, 0.2) is 0 Å². The van der Waals surface area contributed by atoms with Crippen molar-refractivity contribution in [2.75, 3.05) is 0 Å². The molecule has 0 N–H and O–H groups in total. The largest absolute Gasteiger partial charge is 0.303 e. The third kappa shape index (κ3) is 23.8. The average molecular weight is 409 g/mol. The van der Waals surface area contributed by atoms with Crippen LogP contribution >= 0.6 is 0 Å². The Bertz CT molecular complexity index is 273. The Labute approximate surface area is 185 Å². The number of hydrogen-bond donors (Lipinski definition) is 0. The first-order valence-electron chi connectivity index (χ1n) is 13.8. The molecule has 0 unspecified atom stereocenters. The summed E-state index contributed by atoms with van der Waals surface area (Å²) in [6, 6.07) is 0. The molecule has 0 aromatic carbocycles. The van der Waals surface area contributed by atoms with Gasteiger partial charge >= 0.3 is 0 Å². The first kappa shape index (κ1) is 28.7. The fraction of sp³-hybridized carbons (Fsp3) is 0.964. The van der Waals surface area contributed by atoms with Crippen LogP contribution in [0.25, 0.3) is 0 Å². The molecular formula is C28H56O. The summed E-state index contributed by atoms with van der Waals surface area (Å²) in [4.78, 5) is 11.3. The van der Waals surface area contributed by atoms with Gasteiger partial charge < -0.3 is 4.79 Å². The maximum Gasteiger partial charge on any atom is 0.123 e. The highest BCUT2D eigenvalue weighted by atomic mass is 16.1. The van der Waals surface area contributed by atoms with Gasteiger partial charge in [-0.05, 0) is 12.8 Å². The van der Waals surface area contributed by atoms with E-state index < -0.39 is 0 Å². The molecule has 0 aromatic rings. The van der Waals surface area contributed by atoms with Crippen LogP contribution in [0, 0.1) is 5.92 Å². The zero-order chi connectivity index (χ0) is 21.3. The van der Waals surface area contributed by atoms with Crippen LogP contribution in [0.5, 0.6) is 0 Å². The van der Waals surface area contributed by atoms with E-state index in [1.165, 1.54) is 148 Å². The van der Waals surface area contributed by atoms with Crippen molar-refractivity contribution >= 4 is 6.29 Å². The third-order valence-electron chi connectivity index (χ3n) is 6.55. The van der Waals surface area contributed by atoms with Gasteiger partial charge in [0.15, 0.2) is 0 Å². The molecule has 0 aromatic heterocycles. The smallest absolute Gasteiger partial charge is 0.123 e. The Kier molecular flexibility index (Phi) is 25.4. The van der Waals surface area contributed by atoms with Crippen molar-refractivity contribution < 1.29 is 4.79 Å². The van der Waals surface area contributed by atoms with Gasteiger partial charge in [0, 0.05) is 5.92 Å². The lowest BCUT2D eigenvalue weighted by molar-refractivity contribution is -0.111. The van der Waals surface area contributed by atoms with E-state index in [-0.39, 0.29) is 0 Å². The molecule has 0 fully saturated rings. The van der Waals surface area contributed by atoms with Gasteiger partial charge in [-0.2, -0.15) is 0 Å². The predicted molar refractivity (Wildman–Crippen MR) is 132 cm³/mol. The minimum absolute atomic E-state index is 0.340. The summed E-state index contributed by atoms with van der Waals surface area (Å²) in [5.41, 5.74) is 0. The zero-order valence-electron chi connectivity index (χ0n) is 20.5. The molecule has 0 bridgehead atoms. The number of rotatable bonds is 25. The van der Waals surface area contributed by atoms with Gasteiger partial charge in [0.25, 0.3) is 0 Å². The van der Waals surface area contributed by atoms with Gasteiger partial charge in [-0.3, -0.25) is 0 Å². The van der Waals surface area contributed by atoms with Crippen LogP contribution in [0.1, 0.15) is 168 Å². The number of hydrogen-bond acceptors (Lipinski definition) is 1. The van der Waals surface area contributed by atoms with E-state index in [1.54, 1.807) is 0 Å². The highest BCUT2D eigenvalue weighted by molar-refractivity contribution is 5.53. The number of carbonyl (C=O) groups excluding carboxylic acids is 1. The Morgan fingerprint density at radius 2 is 0.655 bits per heavy atom. The summed E-state index contributed by atoms with van der Waals surface area (Å²) in [5.74, 6) is 0.340. The highest BCUT2D eigenvalue weighted by Gasteiger charge is 2.06. The van der Waals surface area contributed by atoms with E-state index >= 15 is 0 Å². The molecule has 0 atom stereocenters. The maximum atomic E-state index is 11.3. The molecule has 1 nitrogen and oxygen atoms in total. The third-order valence-corrected chi connectivity index (χ3v) is 6.55. The topological polar surface area (TPSA) is 17.1 Å². The van der Waals surface area contributed by atoms with E-state index in [0.29, 0.717) is 5.92 Å². The van der Waals surface area contributed by atoms with Crippen LogP contribution in [-0.4, -0.2) is 6.29 Å². The summed E-state index contributed by atoms with van der Waals surface area (Å²) in [5, 5.41) is 0. The first-order valence-corrected chi connectivity index (χ1v) is 13.8. The van der Waals surface area contributed by atoms with E-state index in [0.717, 1.165) is 12.8 Å². The standard InChI is InChI=1S/C28H56O/c1-3-5-7-9-11-13-15-17-19-21-23-25-28(27-29)26-24-22-20-18-16-14-12-10-8-6-4-2/h27-28H,3-26H2,1-2H3. The molecule has 0 aliphatic heterocycles. The lowest BCUT2D eigenvalue weighted by atomic mass is 9.95. The maximum absolute atomic E-state index is 11.3. The lowest BCUT2D eigenvalue weighted by Crippen LogP contribution is -2.02. The van der Waals surface area contributed by atoms with E-state index in [9.17, 15) is 4.79 Å². The second-order valence-corrected chi connectivity index (χ2v) is 9.54. The first-order chi connectivity index (χ1) is 14.3. The summed E-state index contributed by atoms with van der Waals surface area (Å²) < 4.78 is 0. The summed E-state index contributed by atoms with van der Waals surface area (Å²) in [6.45, 7) is 4.57. The summed E-state index contributed by atoms with van der Waals surface area (Å²) in [7, 11) is 0. The molecule has 29 heavy (non-hydrogen) atoms. The van der Waals surface area contributed by atoms with Gasteiger partial charge in [0.1, 0.15) is 6.29 Å². The molecular weight excluding hydrogens is 352 g/mol. The van der Waals surface area contributed by atoms with Crippen LogP contribution < -0.4 is 0 Å². The number of aldehydes is 1. The fourth-order valence-electron chi connectivity index (χ4n) is 4.42. The Morgan fingerprint density at radius 3 is 0.897 bits per heavy atom. The quantitative estimate of drug-likeness (QED) is 0.108. The van der Waals surface area contributed by atoms with Gasteiger partial charge in [-0.15, -0.1) is 0 Å². The van der Waals surface area contributed by atoms with Gasteiger partial charge in [-0.1, -0.05) is 155 Å². The minimum atomic E-state index is 0.340. The molecule has 0 heterocycles. The molecule has 0 aliphatic rings. The van der Waals surface area contributed by atoms with Crippen molar-refractivity contribution in [2.24, 2.45) is 5.92 Å². The molecule has 0 spiro atoms. The molecule has 0 saturated carbocycles. The molecule has 0 aliphatic carbocycles. The Morgan fingerprint density at radius 1 is 0.414 bits per heavy atom. The molecule has 174 valence electrons. The van der Waals surface area contributed by atoms with Gasteiger partial charge in [0.05, 0.1) is 0 Å². The average Bonchev–Trinajstić information content (AvgIpc) is 2.74. The van der Waals surface area contributed by atoms with Gasteiger partial charge in [-0.25, -0.2) is 0 Å². The minimum Gasteiger partial charge on any atom is -0.303 e. The molecule has 0 rings (SSSR count). The molecule has 1 heteroatoms. The normalized spacial score (nSPS) is 11.4. The van der Waals surface area contributed by atoms with Crippen molar-refractivity contribution in [2.45, 2.75) is 168 Å². The second kappa shape index (κ2) is 25.7. The fourth-order valence-corrected chi connectivity index (χ4v) is 4.42. The van der Waals surface area contributed by atoms with E-state index in [1.807, 2.05) is 0 Å². The highest BCUT2D eigenvalue weighted by Crippen LogP contribution is 2.18. The lowest BCUT2D eigenvalue weighted by Gasteiger charge is -2.10. The van der Waals surface area contributed by atoms with E-state index in [4.69, 9.17) is 0 Å². The number of carbonyl (C=O) groups is 1. The van der Waals surface area contributed by atoms with Gasteiger partial charge in [0.2, 0.25) is 0 Å². The van der Waals surface area contributed by atoms with Crippen molar-refractivity contribution in [3.8, 4) is 0 Å². The Balaban J connectivity index is 3.28. The summed E-state index contributed by atoms with van der Waals surface area (Å²) in [6.07, 6.45) is 34.1. The van der Waals surface area contributed by atoms with Crippen molar-refractivity contribution in [3.63, 3.8) is 0 Å². The van der Waals surface area contributed by atoms with Crippen molar-refractivity contribution in [1.29, 1.82) is 0 Å².